The van der Waals surface area contributed by atoms with Gasteiger partial charge < -0.3 is 0 Å². The topological polar surface area (TPSA) is 3.88 Å². The first-order valence-corrected chi connectivity index (χ1v) is 6.14. The van der Waals surface area contributed by atoms with Crippen LogP contribution in [0.4, 0.5) is 0 Å². The summed E-state index contributed by atoms with van der Waals surface area (Å²) in [5.74, 6) is 0. The van der Waals surface area contributed by atoms with Crippen LogP contribution < -0.4 is 4.57 Å². The molecule has 1 aromatic carbocycles. The average Bonchev–Trinajstić information content (AvgIpc) is 2.46. The Labute approximate surface area is 109 Å². The van der Waals surface area contributed by atoms with E-state index in [0.717, 1.165) is 6.54 Å². The SMILES string of the molecule is C=C/C(C)=C\C[n+]1ccccc1-c1ccccc1. The Morgan fingerprint density at radius 1 is 1.11 bits per heavy atom. The lowest BCUT2D eigenvalue weighted by Gasteiger charge is -2.02. The zero-order chi connectivity index (χ0) is 12.8. The summed E-state index contributed by atoms with van der Waals surface area (Å²) in [6.45, 7) is 6.71. The average molecular weight is 236 g/mol. The summed E-state index contributed by atoms with van der Waals surface area (Å²) in [6.07, 6.45) is 6.17. The Bertz CT molecular complexity index is 553. The number of pyridine rings is 1. The summed E-state index contributed by atoms with van der Waals surface area (Å²) in [5, 5.41) is 0. The van der Waals surface area contributed by atoms with Gasteiger partial charge in [0.2, 0.25) is 5.69 Å². The Kier molecular flexibility index (Phi) is 4.08. The minimum Gasteiger partial charge on any atom is -0.195 e. The molecule has 0 fully saturated rings. The molecule has 0 saturated carbocycles. The van der Waals surface area contributed by atoms with Gasteiger partial charge in [0.25, 0.3) is 0 Å². The maximum atomic E-state index is 3.78. The second-order valence-corrected chi connectivity index (χ2v) is 4.26. The highest BCUT2D eigenvalue weighted by molar-refractivity contribution is 5.55. The van der Waals surface area contributed by atoms with Crippen molar-refractivity contribution in [2.45, 2.75) is 13.5 Å². The number of allylic oxidation sites excluding steroid dienone is 3. The smallest absolute Gasteiger partial charge is 0.195 e. The van der Waals surface area contributed by atoms with Crippen LogP contribution in [0, 0.1) is 0 Å². The van der Waals surface area contributed by atoms with E-state index in [0.29, 0.717) is 0 Å². The maximum absolute atomic E-state index is 3.78. The van der Waals surface area contributed by atoms with Gasteiger partial charge in [0, 0.05) is 17.7 Å². The molecule has 90 valence electrons. The molecule has 0 atom stereocenters. The van der Waals surface area contributed by atoms with Crippen LogP contribution >= 0.6 is 0 Å². The summed E-state index contributed by atoms with van der Waals surface area (Å²) >= 11 is 0. The minimum absolute atomic E-state index is 0.864. The first kappa shape index (κ1) is 12.3. The molecule has 0 N–H and O–H groups in total. The molecular weight excluding hydrogens is 218 g/mol. The second kappa shape index (κ2) is 5.97. The first-order chi connectivity index (χ1) is 8.81. The van der Waals surface area contributed by atoms with Crippen LogP contribution in [0.25, 0.3) is 11.3 Å². The zero-order valence-electron chi connectivity index (χ0n) is 10.7. The van der Waals surface area contributed by atoms with Crippen LogP contribution in [0.5, 0.6) is 0 Å². The number of aromatic nitrogens is 1. The van der Waals surface area contributed by atoms with Crippen LogP contribution in [-0.4, -0.2) is 0 Å². The van der Waals surface area contributed by atoms with E-state index < -0.39 is 0 Å². The van der Waals surface area contributed by atoms with Crippen molar-refractivity contribution in [3.63, 3.8) is 0 Å². The summed E-state index contributed by atoms with van der Waals surface area (Å²) in [5.41, 5.74) is 3.67. The molecule has 0 unspecified atom stereocenters. The maximum Gasteiger partial charge on any atom is 0.212 e. The number of hydrogen-bond acceptors (Lipinski definition) is 0. The lowest BCUT2D eigenvalue weighted by molar-refractivity contribution is -0.676. The number of benzene rings is 1. The van der Waals surface area contributed by atoms with Crippen LogP contribution in [0.15, 0.2) is 79.0 Å². The fraction of sp³-hybridized carbons (Fsp3) is 0.118. The van der Waals surface area contributed by atoms with Crippen molar-refractivity contribution >= 4 is 0 Å². The van der Waals surface area contributed by atoms with Gasteiger partial charge >= 0.3 is 0 Å². The molecule has 0 bridgehead atoms. The van der Waals surface area contributed by atoms with Gasteiger partial charge in [0.15, 0.2) is 12.7 Å². The van der Waals surface area contributed by atoms with Gasteiger partial charge in [-0.25, -0.2) is 0 Å². The fourth-order valence-corrected chi connectivity index (χ4v) is 1.83. The van der Waals surface area contributed by atoms with Crippen molar-refractivity contribution < 1.29 is 4.57 Å². The van der Waals surface area contributed by atoms with E-state index in [1.807, 2.05) is 12.1 Å². The summed E-state index contributed by atoms with van der Waals surface area (Å²) < 4.78 is 2.24. The molecule has 1 heterocycles. The van der Waals surface area contributed by atoms with E-state index in [9.17, 15) is 0 Å². The Morgan fingerprint density at radius 3 is 2.56 bits per heavy atom. The third kappa shape index (κ3) is 2.95. The third-order valence-corrected chi connectivity index (χ3v) is 2.94. The van der Waals surface area contributed by atoms with Crippen molar-refractivity contribution in [3.8, 4) is 11.3 Å². The number of hydrogen-bond donors (Lipinski definition) is 0. The highest BCUT2D eigenvalue weighted by Gasteiger charge is 2.09. The predicted octanol–water partition coefficient (Wildman–Crippen LogP) is 3.77. The third-order valence-electron chi connectivity index (χ3n) is 2.94. The molecule has 1 aromatic heterocycles. The molecule has 2 aromatic rings. The number of nitrogens with zero attached hydrogens (tertiary/aromatic N) is 1. The highest BCUT2D eigenvalue weighted by Crippen LogP contribution is 2.13. The van der Waals surface area contributed by atoms with E-state index >= 15 is 0 Å². The molecule has 1 nitrogen and oxygen atoms in total. The lowest BCUT2D eigenvalue weighted by Crippen LogP contribution is -2.34. The van der Waals surface area contributed by atoms with Crippen LogP contribution in [0.1, 0.15) is 6.92 Å². The van der Waals surface area contributed by atoms with Gasteiger partial charge in [-0.1, -0.05) is 30.9 Å². The predicted molar refractivity (Wildman–Crippen MR) is 76.0 cm³/mol. The molecule has 1 heteroatoms. The van der Waals surface area contributed by atoms with Gasteiger partial charge in [-0.3, -0.25) is 0 Å². The molecule has 0 aliphatic heterocycles. The van der Waals surface area contributed by atoms with E-state index in [1.54, 1.807) is 0 Å². The molecule has 0 spiro atoms. The summed E-state index contributed by atoms with van der Waals surface area (Å²) in [7, 11) is 0. The molecule has 0 amide bonds. The van der Waals surface area contributed by atoms with Crippen LogP contribution in [-0.2, 0) is 6.54 Å². The normalized spacial score (nSPS) is 11.3. The quantitative estimate of drug-likeness (QED) is 0.562. The van der Waals surface area contributed by atoms with Crippen LogP contribution in [0.3, 0.4) is 0 Å². The van der Waals surface area contributed by atoms with E-state index in [2.05, 4.69) is 72.8 Å². The minimum atomic E-state index is 0.864. The van der Waals surface area contributed by atoms with Crippen molar-refractivity contribution in [1.29, 1.82) is 0 Å². The number of rotatable bonds is 4. The molecule has 0 saturated heterocycles. The molecule has 0 aliphatic carbocycles. The first-order valence-electron chi connectivity index (χ1n) is 6.14. The molecule has 0 radical (unpaired) electrons. The summed E-state index contributed by atoms with van der Waals surface area (Å²) in [4.78, 5) is 0. The van der Waals surface area contributed by atoms with Crippen molar-refractivity contribution in [3.05, 3.63) is 79.0 Å². The highest BCUT2D eigenvalue weighted by atomic mass is 14.9. The monoisotopic (exact) mass is 236 g/mol. The van der Waals surface area contributed by atoms with Gasteiger partial charge in [0.1, 0.15) is 0 Å². The molecule has 18 heavy (non-hydrogen) atoms. The Balaban J connectivity index is 2.35. The Morgan fingerprint density at radius 2 is 1.83 bits per heavy atom. The van der Waals surface area contributed by atoms with E-state index in [4.69, 9.17) is 0 Å². The van der Waals surface area contributed by atoms with Crippen LogP contribution in [0.2, 0.25) is 0 Å². The van der Waals surface area contributed by atoms with E-state index in [1.165, 1.54) is 16.8 Å². The van der Waals surface area contributed by atoms with Gasteiger partial charge in [0.05, 0.1) is 0 Å². The summed E-state index contributed by atoms with van der Waals surface area (Å²) in [6, 6.07) is 16.7. The van der Waals surface area contributed by atoms with Gasteiger partial charge in [-0.15, -0.1) is 0 Å². The van der Waals surface area contributed by atoms with Crippen molar-refractivity contribution in [2.75, 3.05) is 0 Å². The fourth-order valence-electron chi connectivity index (χ4n) is 1.83. The largest absolute Gasteiger partial charge is 0.212 e. The molecule has 0 aliphatic rings. The van der Waals surface area contributed by atoms with Crippen molar-refractivity contribution in [1.82, 2.24) is 0 Å². The Hall–Kier alpha value is -2.15. The molecule has 2 rings (SSSR count). The van der Waals surface area contributed by atoms with Crippen molar-refractivity contribution in [2.24, 2.45) is 0 Å². The van der Waals surface area contributed by atoms with E-state index in [-0.39, 0.29) is 0 Å². The standard InChI is InChI=1S/C17H18N/c1-3-15(2)12-14-18-13-8-7-11-17(18)16-9-5-4-6-10-16/h3-13H,1,14H2,2H3/q+1/b15-12-. The molecular formula is C17H18N+. The lowest BCUT2D eigenvalue weighted by atomic mass is 10.1. The zero-order valence-corrected chi connectivity index (χ0v) is 10.7. The second-order valence-electron chi connectivity index (χ2n) is 4.26. The van der Waals surface area contributed by atoms with Gasteiger partial charge in [-0.2, -0.15) is 4.57 Å². The van der Waals surface area contributed by atoms with Gasteiger partial charge in [-0.05, 0) is 36.8 Å².